The number of hydrogen-bond acceptors (Lipinski definition) is 4. The number of rotatable bonds is 6. The van der Waals surface area contributed by atoms with Crippen LogP contribution in [0.4, 0.5) is 0 Å². The molecule has 1 amide bonds. The maximum Gasteiger partial charge on any atom is 0.336 e. The zero-order chi connectivity index (χ0) is 21.2. The predicted molar refractivity (Wildman–Crippen MR) is 115 cm³/mol. The molecule has 0 bridgehead atoms. The summed E-state index contributed by atoms with van der Waals surface area (Å²) in [6.45, 7) is 9.34. The number of benzene rings is 1. The van der Waals surface area contributed by atoms with E-state index in [4.69, 9.17) is 14.9 Å². The number of hydrogen-bond donors (Lipinski definition) is 1. The molecule has 0 unspecified atom stereocenters. The quantitative estimate of drug-likeness (QED) is 0.559. The van der Waals surface area contributed by atoms with Crippen molar-refractivity contribution < 1.29 is 13.9 Å². The molecule has 0 aliphatic heterocycles. The van der Waals surface area contributed by atoms with E-state index in [1.54, 1.807) is 12.1 Å². The molecule has 29 heavy (non-hydrogen) atoms. The van der Waals surface area contributed by atoms with Crippen LogP contribution in [-0.4, -0.2) is 12.5 Å². The van der Waals surface area contributed by atoms with Gasteiger partial charge >= 0.3 is 5.63 Å². The normalized spacial score (nSPS) is 24.5. The second-order valence-electron chi connectivity index (χ2n) is 8.77. The number of carbonyl (C=O) groups is 1. The topological polar surface area (TPSA) is 82.5 Å². The zero-order valence-corrected chi connectivity index (χ0v) is 17.8. The van der Waals surface area contributed by atoms with Crippen molar-refractivity contribution in [3.63, 3.8) is 0 Å². The smallest absolute Gasteiger partial charge is 0.336 e. The van der Waals surface area contributed by atoms with Gasteiger partial charge in [0.1, 0.15) is 11.3 Å². The lowest BCUT2D eigenvalue weighted by molar-refractivity contribution is -0.118. The largest absolute Gasteiger partial charge is 0.493 e. The third-order valence-electron chi connectivity index (χ3n) is 6.66. The van der Waals surface area contributed by atoms with Crippen molar-refractivity contribution in [1.82, 2.24) is 0 Å². The maximum atomic E-state index is 11.5. The monoisotopic (exact) mass is 397 g/mol. The summed E-state index contributed by atoms with van der Waals surface area (Å²) in [6, 6.07) is 8.73. The van der Waals surface area contributed by atoms with E-state index in [0.29, 0.717) is 30.3 Å². The van der Waals surface area contributed by atoms with Crippen molar-refractivity contribution in [3.8, 4) is 5.75 Å². The van der Waals surface area contributed by atoms with Crippen LogP contribution in [-0.2, 0) is 4.79 Å². The first kappa shape index (κ1) is 21.2. The van der Waals surface area contributed by atoms with Crippen LogP contribution in [0.3, 0.4) is 0 Å². The Hall–Kier alpha value is -2.56. The van der Waals surface area contributed by atoms with E-state index in [1.165, 1.54) is 17.2 Å². The van der Waals surface area contributed by atoms with Crippen LogP contribution < -0.4 is 16.1 Å². The van der Waals surface area contributed by atoms with Crippen molar-refractivity contribution in [3.05, 3.63) is 51.9 Å². The molecule has 1 fully saturated rings. The molecule has 0 saturated heterocycles. The molecule has 1 heterocycles. The number of ether oxygens (including phenoxy) is 1. The van der Waals surface area contributed by atoms with Crippen LogP contribution in [0, 0.1) is 17.3 Å². The van der Waals surface area contributed by atoms with Gasteiger partial charge in [0.15, 0.2) is 0 Å². The summed E-state index contributed by atoms with van der Waals surface area (Å²) < 4.78 is 11.5. The number of amides is 1. The lowest BCUT2D eigenvalue weighted by Crippen LogP contribution is -2.44. The van der Waals surface area contributed by atoms with Gasteiger partial charge in [0, 0.05) is 29.4 Å². The van der Waals surface area contributed by atoms with Gasteiger partial charge in [-0.05, 0) is 63.1 Å². The average molecular weight is 398 g/mol. The zero-order valence-electron chi connectivity index (χ0n) is 17.8. The fourth-order valence-electron chi connectivity index (χ4n) is 4.62. The number of carbonyl (C=O) groups excluding carboxylic acids is 1. The van der Waals surface area contributed by atoms with Crippen molar-refractivity contribution in [2.45, 2.75) is 53.4 Å². The molecule has 1 aromatic carbocycles. The second kappa shape index (κ2) is 8.44. The Morgan fingerprint density at radius 3 is 2.69 bits per heavy atom. The molecule has 5 heteroatoms. The number of allylic oxidation sites excluding steroid dienone is 2. The van der Waals surface area contributed by atoms with Crippen LogP contribution >= 0.6 is 0 Å². The minimum Gasteiger partial charge on any atom is -0.493 e. The van der Waals surface area contributed by atoms with E-state index in [1.807, 2.05) is 12.1 Å². The van der Waals surface area contributed by atoms with Gasteiger partial charge in [-0.3, -0.25) is 4.79 Å². The van der Waals surface area contributed by atoms with Crippen LogP contribution in [0.5, 0.6) is 5.75 Å². The van der Waals surface area contributed by atoms with E-state index in [9.17, 15) is 9.59 Å². The molecule has 0 spiro atoms. The highest BCUT2D eigenvalue weighted by atomic mass is 16.5. The second-order valence-corrected chi connectivity index (χ2v) is 8.77. The minimum absolute atomic E-state index is 0.118. The molecule has 3 rings (SSSR count). The highest BCUT2D eigenvalue weighted by molar-refractivity contribution is 5.77. The minimum atomic E-state index is -0.373. The summed E-state index contributed by atoms with van der Waals surface area (Å²) in [7, 11) is 0. The lowest BCUT2D eigenvalue weighted by Gasteiger charge is -2.48. The average Bonchev–Trinajstić information content (AvgIpc) is 2.66. The molecule has 5 nitrogen and oxygen atoms in total. The number of primary amides is 1. The van der Waals surface area contributed by atoms with Gasteiger partial charge in [0.05, 0.1) is 6.61 Å². The van der Waals surface area contributed by atoms with E-state index < -0.39 is 0 Å². The highest BCUT2D eigenvalue weighted by Gasteiger charge is 2.44. The summed E-state index contributed by atoms with van der Waals surface area (Å²) >= 11 is 0. The Labute approximate surface area is 171 Å². The number of fused-ring (bicyclic) bond motifs is 1. The molecule has 3 atom stereocenters. The van der Waals surface area contributed by atoms with Gasteiger partial charge in [0.2, 0.25) is 5.91 Å². The van der Waals surface area contributed by atoms with Crippen LogP contribution in [0.25, 0.3) is 11.0 Å². The fraction of sp³-hybridized carbons (Fsp3) is 0.500. The SMILES string of the molecule is CC(C)=C1CC[C@H](C)[C@](C)(COc2ccc3ccc(=O)oc3c2)[C@H]1CCC(N)=O. The van der Waals surface area contributed by atoms with Gasteiger partial charge in [-0.25, -0.2) is 4.79 Å². The van der Waals surface area contributed by atoms with Crippen molar-refractivity contribution in [2.75, 3.05) is 6.61 Å². The van der Waals surface area contributed by atoms with Gasteiger partial charge in [-0.1, -0.05) is 25.0 Å². The van der Waals surface area contributed by atoms with E-state index >= 15 is 0 Å². The molecule has 1 aliphatic rings. The summed E-state index contributed by atoms with van der Waals surface area (Å²) in [5.41, 5.74) is 8.25. The molecular formula is C24H31NO4. The Morgan fingerprint density at radius 1 is 1.28 bits per heavy atom. The summed E-state index contributed by atoms with van der Waals surface area (Å²) in [4.78, 5) is 23.0. The first-order chi connectivity index (χ1) is 13.7. The Balaban J connectivity index is 1.87. The van der Waals surface area contributed by atoms with Crippen LogP contribution in [0.1, 0.15) is 53.4 Å². The Kier molecular flexibility index (Phi) is 6.15. The summed E-state index contributed by atoms with van der Waals surface area (Å²) in [5.74, 6) is 1.12. The third kappa shape index (κ3) is 4.55. The van der Waals surface area contributed by atoms with Gasteiger partial charge in [-0.15, -0.1) is 0 Å². The van der Waals surface area contributed by atoms with E-state index in [0.717, 1.165) is 24.6 Å². The standard InChI is InChI=1S/C24H31NO4/c1-15(2)19-9-5-16(3)24(4,20(19)10-11-22(25)26)14-28-18-8-6-17-7-12-23(27)29-21(17)13-18/h6-8,12-13,16,20H,5,9-11,14H2,1-4H3,(H2,25,26)/t16-,20-,24-/m0/s1. The molecule has 1 aliphatic carbocycles. The first-order valence-electron chi connectivity index (χ1n) is 10.3. The lowest BCUT2D eigenvalue weighted by atomic mass is 9.58. The maximum absolute atomic E-state index is 11.5. The van der Waals surface area contributed by atoms with Gasteiger partial charge < -0.3 is 14.9 Å². The predicted octanol–water partition coefficient (Wildman–Crippen LogP) is 4.83. The van der Waals surface area contributed by atoms with Crippen molar-refractivity contribution >= 4 is 16.9 Å². The number of nitrogens with two attached hydrogens (primary N) is 1. The van der Waals surface area contributed by atoms with Crippen molar-refractivity contribution in [1.29, 1.82) is 0 Å². The summed E-state index contributed by atoms with van der Waals surface area (Å²) in [6.07, 6.45) is 3.28. The Morgan fingerprint density at radius 2 is 2.00 bits per heavy atom. The molecule has 0 radical (unpaired) electrons. The Bertz CT molecular complexity index is 986. The third-order valence-corrected chi connectivity index (χ3v) is 6.66. The molecule has 156 valence electrons. The molecular weight excluding hydrogens is 366 g/mol. The fourth-order valence-corrected chi connectivity index (χ4v) is 4.62. The van der Waals surface area contributed by atoms with Crippen molar-refractivity contribution in [2.24, 2.45) is 23.0 Å². The van der Waals surface area contributed by atoms with Crippen LogP contribution in [0.15, 0.2) is 50.7 Å². The van der Waals surface area contributed by atoms with Gasteiger partial charge in [-0.2, -0.15) is 0 Å². The van der Waals surface area contributed by atoms with E-state index in [-0.39, 0.29) is 22.9 Å². The first-order valence-corrected chi connectivity index (χ1v) is 10.3. The van der Waals surface area contributed by atoms with Crippen LogP contribution in [0.2, 0.25) is 0 Å². The molecule has 2 N–H and O–H groups in total. The molecule has 1 saturated carbocycles. The highest BCUT2D eigenvalue weighted by Crippen LogP contribution is 2.50. The molecule has 1 aromatic heterocycles. The van der Waals surface area contributed by atoms with Gasteiger partial charge in [0.25, 0.3) is 0 Å². The summed E-state index contributed by atoms with van der Waals surface area (Å²) in [5, 5.41) is 0.861. The molecule has 2 aromatic rings. The van der Waals surface area contributed by atoms with E-state index in [2.05, 4.69) is 27.7 Å².